The number of nitrogens with one attached hydrogen (secondary N) is 1. The van der Waals surface area contributed by atoms with Crippen molar-refractivity contribution in [3.05, 3.63) is 48.2 Å². The van der Waals surface area contributed by atoms with Crippen molar-refractivity contribution in [2.24, 2.45) is 0 Å². The highest BCUT2D eigenvalue weighted by Crippen LogP contribution is 2.16. The second-order valence-corrected chi connectivity index (χ2v) is 3.86. The molecule has 0 radical (unpaired) electrons. The molecule has 0 atom stereocenters. The molecule has 0 spiro atoms. The number of allylic oxidation sites excluding steroid dienone is 1. The summed E-state index contributed by atoms with van der Waals surface area (Å²) in [5, 5.41) is 1.30. The van der Waals surface area contributed by atoms with Crippen molar-refractivity contribution in [2.75, 3.05) is 0 Å². The van der Waals surface area contributed by atoms with Gasteiger partial charge >= 0.3 is 0 Å². The molecule has 0 saturated heterocycles. The van der Waals surface area contributed by atoms with Gasteiger partial charge in [0.1, 0.15) is 0 Å². The molecule has 2 rings (SSSR count). The van der Waals surface area contributed by atoms with Gasteiger partial charge in [-0.1, -0.05) is 11.6 Å². The van der Waals surface area contributed by atoms with Crippen LogP contribution < -0.4 is 0 Å². The first-order valence-electron chi connectivity index (χ1n) is 4.96. The van der Waals surface area contributed by atoms with Gasteiger partial charge < -0.3 is 4.98 Å². The first kappa shape index (κ1) is 9.07. The summed E-state index contributed by atoms with van der Waals surface area (Å²) in [6, 6.07) is 8.68. The van der Waals surface area contributed by atoms with Crippen LogP contribution in [0.3, 0.4) is 0 Å². The molecule has 0 saturated carbocycles. The molecular formula is C13H15N. The number of rotatable bonds is 3. The predicted molar refractivity (Wildman–Crippen MR) is 61.4 cm³/mol. The molecule has 1 aromatic heterocycles. The maximum atomic E-state index is 3.92. The number of hydrogen-bond donors (Lipinski definition) is 1. The van der Waals surface area contributed by atoms with Crippen LogP contribution in [0.1, 0.15) is 18.9 Å². The van der Waals surface area contributed by atoms with Gasteiger partial charge in [0.25, 0.3) is 0 Å². The SMILES string of the molecule is C=C(C)CCc1ccc2[nH]ccc2c1. The van der Waals surface area contributed by atoms with Crippen LogP contribution in [0, 0.1) is 0 Å². The van der Waals surface area contributed by atoms with Crippen LogP contribution >= 0.6 is 0 Å². The highest BCUT2D eigenvalue weighted by atomic mass is 14.7. The Bertz CT molecular complexity index is 451. The molecule has 2 aromatic rings. The van der Waals surface area contributed by atoms with Crippen molar-refractivity contribution < 1.29 is 0 Å². The zero-order valence-electron chi connectivity index (χ0n) is 8.51. The van der Waals surface area contributed by atoms with Crippen LogP contribution in [0.4, 0.5) is 0 Å². The minimum atomic E-state index is 1.08. The molecule has 1 nitrogen and oxygen atoms in total. The molecule has 72 valence electrons. The van der Waals surface area contributed by atoms with E-state index >= 15 is 0 Å². The van der Waals surface area contributed by atoms with Crippen molar-refractivity contribution in [3.63, 3.8) is 0 Å². The Labute approximate surface area is 84.5 Å². The Morgan fingerprint density at radius 3 is 3.00 bits per heavy atom. The third-order valence-electron chi connectivity index (χ3n) is 2.46. The highest BCUT2D eigenvalue weighted by Gasteiger charge is 1.97. The van der Waals surface area contributed by atoms with E-state index in [0.717, 1.165) is 12.8 Å². The molecule has 1 heteroatoms. The van der Waals surface area contributed by atoms with Crippen molar-refractivity contribution in [1.82, 2.24) is 4.98 Å². The van der Waals surface area contributed by atoms with Gasteiger partial charge in [-0.15, -0.1) is 6.58 Å². The van der Waals surface area contributed by atoms with Gasteiger partial charge in [0.15, 0.2) is 0 Å². The molecule has 14 heavy (non-hydrogen) atoms. The maximum absolute atomic E-state index is 3.92. The zero-order valence-corrected chi connectivity index (χ0v) is 8.51. The van der Waals surface area contributed by atoms with Gasteiger partial charge in [-0.2, -0.15) is 0 Å². The van der Waals surface area contributed by atoms with Gasteiger partial charge in [0, 0.05) is 11.7 Å². The maximum Gasteiger partial charge on any atom is 0.0454 e. The molecule has 0 bridgehead atoms. The Kier molecular flexibility index (Phi) is 2.40. The normalized spacial score (nSPS) is 10.6. The van der Waals surface area contributed by atoms with Crippen molar-refractivity contribution >= 4 is 10.9 Å². The summed E-state index contributed by atoms with van der Waals surface area (Å²) >= 11 is 0. The van der Waals surface area contributed by atoms with Crippen molar-refractivity contribution in [3.8, 4) is 0 Å². The summed E-state index contributed by atoms with van der Waals surface area (Å²) in [5.41, 5.74) is 3.85. The third kappa shape index (κ3) is 1.87. The standard InChI is InChI=1S/C13H15N/c1-10(2)3-4-11-5-6-13-12(9-11)7-8-14-13/h5-9,14H,1,3-4H2,2H3. The van der Waals surface area contributed by atoms with Crippen LogP contribution in [-0.4, -0.2) is 4.98 Å². The molecule has 0 fully saturated rings. The molecule has 0 aliphatic rings. The van der Waals surface area contributed by atoms with Gasteiger partial charge in [-0.25, -0.2) is 0 Å². The average Bonchev–Trinajstić information content (AvgIpc) is 2.61. The average molecular weight is 185 g/mol. The third-order valence-corrected chi connectivity index (χ3v) is 2.46. The smallest absolute Gasteiger partial charge is 0.0454 e. The predicted octanol–water partition coefficient (Wildman–Crippen LogP) is 3.68. The fourth-order valence-electron chi connectivity index (χ4n) is 1.62. The Morgan fingerprint density at radius 2 is 2.21 bits per heavy atom. The lowest BCUT2D eigenvalue weighted by atomic mass is 10.1. The number of aryl methyl sites for hydroxylation is 1. The van der Waals surface area contributed by atoms with E-state index in [1.165, 1.54) is 22.0 Å². The number of aromatic nitrogens is 1. The molecule has 0 aliphatic carbocycles. The summed E-state index contributed by atoms with van der Waals surface area (Å²) in [4.78, 5) is 3.19. The van der Waals surface area contributed by atoms with E-state index in [4.69, 9.17) is 0 Å². The van der Waals surface area contributed by atoms with Crippen LogP contribution in [0.5, 0.6) is 0 Å². The lowest BCUT2D eigenvalue weighted by Crippen LogP contribution is -1.85. The Balaban J connectivity index is 2.21. The fourth-order valence-corrected chi connectivity index (χ4v) is 1.62. The molecule has 1 aromatic carbocycles. The molecular weight excluding hydrogens is 170 g/mol. The van der Waals surface area contributed by atoms with Gasteiger partial charge in [0.05, 0.1) is 0 Å². The number of aromatic amines is 1. The summed E-state index contributed by atoms with van der Waals surface area (Å²) in [5.74, 6) is 0. The topological polar surface area (TPSA) is 15.8 Å². The van der Waals surface area contributed by atoms with Crippen LogP contribution in [-0.2, 0) is 6.42 Å². The van der Waals surface area contributed by atoms with E-state index in [1.54, 1.807) is 0 Å². The van der Waals surface area contributed by atoms with E-state index in [1.807, 2.05) is 6.20 Å². The minimum Gasteiger partial charge on any atom is -0.361 e. The van der Waals surface area contributed by atoms with E-state index < -0.39 is 0 Å². The van der Waals surface area contributed by atoms with Crippen LogP contribution in [0.25, 0.3) is 10.9 Å². The van der Waals surface area contributed by atoms with Gasteiger partial charge in [-0.05, 0) is 48.9 Å². The van der Waals surface area contributed by atoms with Crippen LogP contribution in [0.2, 0.25) is 0 Å². The van der Waals surface area contributed by atoms with E-state index in [2.05, 4.69) is 42.8 Å². The number of fused-ring (bicyclic) bond motifs is 1. The monoisotopic (exact) mass is 185 g/mol. The number of hydrogen-bond acceptors (Lipinski definition) is 0. The van der Waals surface area contributed by atoms with Gasteiger partial charge in [0.2, 0.25) is 0 Å². The molecule has 0 aliphatic heterocycles. The second kappa shape index (κ2) is 3.70. The number of benzene rings is 1. The Hall–Kier alpha value is -1.50. The first-order chi connectivity index (χ1) is 6.75. The molecule has 0 amide bonds. The number of H-pyrrole nitrogens is 1. The lowest BCUT2D eigenvalue weighted by Gasteiger charge is -2.01. The zero-order chi connectivity index (χ0) is 9.97. The fraction of sp³-hybridized carbons (Fsp3) is 0.231. The molecule has 1 heterocycles. The summed E-state index contributed by atoms with van der Waals surface area (Å²) in [6.45, 7) is 5.99. The first-order valence-corrected chi connectivity index (χ1v) is 4.96. The summed E-state index contributed by atoms with van der Waals surface area (Å²) in [7, 11) is 0. The Morgan fingerprint density at radius 1 is 1.36 bits per heavy atom. The van der Waals surface area contributed by atoms with Gasteiger partial charge in [-0.3, -0.25) is 0 Å². The van der Waals surface area contributed by atoms with E-state index in [-0.39, 0.29) is 0 Å². The molecule has 0 unspecified atom stereocenters. The van der Waals surface area contributed by atoms with Crippen LogP contribution in [0.15, 0.2) is 42.6 Å². The van der Waals surface area contributed by atoms with Crippen molar-refractivity contribution in [2.45, 2.75) is 19.8 Å². The van der Waals surface area contributed by atoms with Crippen molar-refractivity contribution in [1.29, 1.82) is 0 Å². The highest BCUT2D eigenvalue weighted by molar-refractivity contribution is 5.79. The minimum absolute atomic E-state index is 1.08. The van der Waals surface area contributed by atoms with E-state index in [0.29, 0.717) is 0 Å². The quantitative estimate of drug-likeness (QED) is 0.702. The second-order valence-electron chi connectivity index (χ2n) is 3.86. The summed E-state index contributed by atoms with van der Waals surface area (Å²) in [6.07, 6.45) is 4.15. The largest absolute Gasteiger partial charge is 0.361 e. The van der Waals surface area contributed by atoms with E-state index in [9.17, 15) is 0 Å². The lowest BCUT2D eigenvalue weighted by molar-refractivity contribution is 0.948. The summed E-state index contributed by atoms with van der Waals surface area (Å²) < 4.78 is 0. The molecule has 1 N–H and O–H groups in total.